The van der Waals surface area contributed by atoms with Crippen molar-refractivity contribution in [3.8, 4) is 0 Å². The van der Waals surface area contributed by atoms with Crippen LogP contribution < -0.4 is 10.0 Å². The molecule has 0 fully saturated rings. The maximum absolute atomic E-state index is 12.1. The van der Waals surface area contributed by atoms with Crippen LogP contribution in [0.15, 0.2) is 29.2 Å². The Morgan fingerprint density at radius 1 is 1.10 bits per heavy atom. The fourth-order valence-corrected chi connectivity index (χ4v) is 2.81. The summed E-state index contributed by atoms with van der Waals surface area (Å²) in [4.78, 5) is 0.334. The second-order valence-corrected chi connectivity index (χ2v) is 7.17. The van der Waals surface area contributed by atoms with Gasteiger partial charge in [0.05, 0.1) is 4.90 Å². The molecule has 0 saturated heterocycles. The van der Waals surface area contributed by atoms with Crippen LogP contribution >= 0.6 is 0 Å². The van der Waals surface area contributed by atoms with Gasteiger partial charge in [0.1, 0.15) is 0 Å². The maximum Gasteiger partial charge on any atom is 0.240 e. The number of benzene rings is 1. The highest BCUT2D eigenvalue weighted by Gasteiger charge is 2.13. The van der Waals surface area contributed by atoms with Gasteiger partial charge in [-0.15, -0.1) is 0 Å². The minimum absolute atomic E-state index is 0.334. The Kier molecular flexibility index (Phi) is 7.19. The van der Waals surface area contributed by atoms with Crippen LogP contribution in [0.3, 0.4) is 0 Å². The van der Waals surface area contributed by atoms with Gasteiger partial charge in [-0.05, 0) is 43.0 Å². The van der Waals surface area contributed by atoms with Crippen molar-refractivity contribution >= 4 is 10.0 Å². The number of hydrogen-bond donors (Lipinski definition) is 2. The van der Waals surface area contributed by atoms with Crippen molar-refractivity contribution in [2.45, 2.75) is 45.1 Å². The first-order chi connectivity index (χ1) is 9.45. The van der Waals surface area contributed by atoms with Gasteiger partial charge in [-0.2, -0.15) is 0 Å². The van der Waals surface area contributed by atoms with Crippen LogP contribution in [0.2, 0.25) is 0 Å². The van der Waals surface area contributed by atoms with Gasteiger partial charge in [-0.1, -0.05) is 32.9 Å². The van der Waals surface area contributed by atoms with Crippen molar-refractivity contribution in [3.05, 3.63) is 29.8 Å². The molecule has 0 spiro atoms. The van der Waals surface area contributed by atoms with Crippen LogP contribution in [0.4, 0.5) is 0 Å². The van der Waals surface area contributed by atoms with E-state index in [1.807, 2.05) is 12.1 Å². The summed E-state index contributed by atoms with van der Waals surface area (Å²) in [6.45, 7) is 8.50. The molecule has 0 amide bonds. The number of sulfonamides is 1. The Labute approximate surface area is 123 Å². The van der Waals surface area contributed by atoms with Gasteiger partial charge in [-0.3, -0.25) is 0 Å². The van der Waals surface area contributed by atoms with E-state index in [4.69, 9.17) is 0 Å². The number of rotatable bonds is 9. The van der Waals surface area contributed by atoms with Gasteiger partial charge >= 0.3 is 0 Å². The second kappa shape index (κ2) is 8.39. The van der Waals surface area contributed by atoms with E-state index < -0.39 is 10.0 Å². The van der Waals surface area contributed by atoms with Crippen molar-refractivity contribution < 1.29 is 8.42 Å². The zero-order valence-corrected chi connectivity index (χ0v) is 13.5. The third-order valence-corrected chi connectivity index (χ3v) is 4.48. The fourth-order valence-electron chi connectivity index (χ4n) is 1.76. The summed E-state index contributed by atoms with van der Waals surface area (Å²) in [5.74, 6) is 0.490. The predicted octanol–water partition coefficient (Wildman–Crippen LogP) is 2.51. The van der Waals surface area contributed by atoms with Crippen molar-refractivity contribution in [3.63, 3.8) is 0 Å². The van der Waals surface area contributed by atoms with E-state index in [1.165, 1.54) is 0 Å². The SMILES string of the molecule is CCCNCc1ccc(S(=O)(=O)NCCC(C)C)cc1. The maximum atomic E-state index is 12.1. The Morgan fingerprint density at radius 3 is 2.30 bits per heavy atom. The second-order valence-electron chi connectivity index (χ2n) is 5.40. The molecule has 0 aliphatic carbocycles. The lowest BCUT2D eigenvalue weighted by molar-refractivity contribution is 0.551. The minimum atomic E-state index is -3.37. The third-order valence-electron chi connectivity index (χ3n) is 3.00. The largest absolute Gasteiger partial charge is 0.313 e. The number of hydrogen-bond acceptors (Lipinski definition) is 3. The highest BCUT2D eigenvalue weighted by molar-refractivity contribution is 7.89. The van der Waals surface area contributed by atoms with Gasteiger partial charge < -0.3 is 5.32 Å². The molecule has 1 aromatic carbocycles. The molecule has 0 unspecified atom stereocenters. The molecule has 0 aliphatic rings. The van der Waals surface area contributed by atoms with Crippen molar-refractivity contribution in [1.29, 1.82) is 0 Å². The smallest absolute Gasteiger partial charge is 0.240 e. The fraction of sp³-hybridized carbons (Fsp3) is 0.600. The Bertz CT molecular complexity index is 481. The first-order valence-electron chi connectivity index (χ1n) is 7.25. The van der Waals surface area contributed by atoms with Gasteiger partial charge in [0.2, 0.25) is 10.0 Å². The summed E-state index contributed by atoms with van der Waals surface area (Å²) in [6.07, 6.45) is 1.94. The van der Waals surface area contributed by atoms with E-state index in [0.29, 0.717) is 17.4 Å². The molecular weight excluding hydrogens is 272 g/mol. The Balaban J connectivity index is 2.57. The van der Waals surface area contributed by atoms with Crippen LogP contribution in [0.25, 0.3) is 0 Å². The molecule has 0 radical (unpaired) electrons. The van der Waals surface area contributed by atoms with E-state index in [-0.39, 0.29) is 0 Å². The van der Waals surface area contributed by atoms with Gasteiger partial charge in [0.25, 0.3) is 0 Å². The summed E-state index contributed by atoms with van der Waals surface area (Å²) in [5, 5.41) is 3.29. The topological polar surface area (TPSA) is 58.2 Å². The summed E-state index contributed by atoms with van der Waals surface area (Å²) in [6, 6.07) is 7.06. The van der Waals surface area contributed by atoms with Gasteiger partial charge in [0.15, 0.2) is 0 Å². The zero-order chi connectivity index (χ0) is 15.0. The lowest BCUT2D eigenvalue weighted by Gasteiger charge is -2.09. The van der Waals surface area contributed by atoms with Crippen LogP contribution in [-0.4, -0.2) is 21.5 Å². The molecule has 4 nitrogen and oxygen atoms in total. The normalized spacial score (nSPS) is 12.0. The van der Waals surface area contributed by atoms with Gasteiger partial charge in [-0.25, -0.2) is 13.1 Å². The highest BCUT2D eigenvalue weighted by atomic mass is 32.2. The first-order valence-corrected chi connectivity index (χ1v) is 8.73. The highest BCUT2D eigenvalue weighted by Crippen LogP contribution is 2.11. The molecule has 0 heterocycles. The minimum Gasteiger partial charge on any atom is -0.313 e. The predicted molar refractivity (Wildman–Crippen MR) is 83.1 cm³/mol. The molecule has 0 atom stereocenters. The van der Waals surface area contributed by atoms with Crippen LogP contribution in [-0.2, 0) is 16.6 Å². The van der Waals surface area contributed by atoms with Crippen molar-refractivity contribution in [2.75, 3.05) is 13.1 Å². The summed E-state index contributed by atoms with van der Waals surface area (Å²) in [7, 11) is -3.37. The van der Waals surface area contributed by atoms with Crippen LogP contribution in [0, 0.1) is 5.92 Å². The molecule has 1 rings (SSSR count). The lowest BCUT2D eigenvalue weighted by atomic mass is 10.1. The molecule has 0 aromatic heterocycles. The molecule has 1 aromatic rings. The Morgan fingerprint density at radius 2 is 1.75 bits per heavy atom. The van der Waals surface area contributed by atoms with E-state index in [2.05, 4.69) is 30.8 Å². The molecule has 5 heteroatoms. The first kappa shape index (κ1) is 17.1. The third kappa shape index (κ3) is 6.03. The molecule has 0 aliphatic heterocycles. The molecule has 0 bridgehead atoms. The molecule has 114 valence electrons. The van der Waals surface area contributed by atoms with E-state index in [1.54, 1.807) is 12.1 Å². The number of nitrogens with one attached hydrogen (secondary N) is 2. The standard InChI is InChI=1S/C15H26N2O2S/c1-4-10-16-12-14-5-7-15(8-6-14)20(18,19)17-11-9-13(2)3/h5-8,13,16-17H,4,9-12H2,1-3H3. The van der Waals surface area contributed by atoms with Crippen LogP contribution in [0.1, 0.15) is 39.2 Å². The van der Waals surface area contributed by atoms with Crippen molar-refractivity contribution in [1.82, 2.24) is 10.0 Å². The summed E-state index contributed by atoms with van der Waals surface area (Å²) in [5.41, 5.74) is 1.10. The Hall–Kier alpha value is -0.910. The van der Waals surface area contributed by atoms with Gasteiger partial charge in [0, 0.05) is 13.1 Å². The molecule has 2 N–H and O–H groups in total. The van der Waals surface area contributed by atoms with Crippen molar-refractivity contribution in [2.24, 2.45) is 5.92 Å². The lowest BCUT2D eigenvalue weighted by Crippen LogP contribution is -2.25. The summed E-state index contributed by atoms with van der Waals surface area (Å²) >= 11 is 0. The zero-order valence-electron chi connectivity index (χ0n) is 12.6. The van der Waals surface area contributed by atoms with E-state index in [9.17, 15) is 8.42 Å². The molecular formula is C15H26N2O2S. The average Bonchev–Trinajstić information content (AvgIpc) is 2.39. The molecule has 0 saturated carbocycles. The molecule has 20 heavy (non-hydrogen) atoms. The quantitative estimate of drug-likeness (QED) is 0.689. The van der Waals surface area contributed by atoms with E-state index >= 15 is 0 Å². The monoisotopic (exact) mass is 298 g/mol. The van der Waals surface area contributed by atoms with E-state index in [0.717, 1.165) is 31.5 Å². The summed E-state index contributed by atoms with van der Waals surface area (Å²) < 4.78 is 26.8. The average molecular weight is 298 g/mol. The van der Waals surface area contributed by atoms with Crippen LogP contribution in [0.5, 0.6) is 0 Å².